The van der Waals surface area contributed by atoms with E-state index < -0.39 is 24.0 Å². The van der Waals surface area contributed by atoms with Gasteiger partial charge in [0.1, 0.15) is 12.1 Å². The van der Waals surface area contributed by atoms with Crippen molar-refractivity contribution in [2.24, 2.45) is 17.4 Å². The van der Waals surface area contributed by atoms with E-state index in [1.54, 1.807) is 13.8 Å². The third-order valence-electron chi connectivity index (χ3n) is 3.35. The van der Waals surface area contributed by atoms with Gasteiger partial charge in [0.25, 0.3) is 0 Å². The molecule has 0 aliphatic heterocycles. The molecule has 0 rings (SSSR count). The number of carbonyl (C=O) groups excluding carboxylic acids is 4. The van der Waals surface area contributed by atoms with Crippen LogP contribution in [0.25, 0.3) is 0 Å². The van der Waals surface area contributed by atoms with Gasteiger partial charge in [-0.1, -0.05) is 13.8 Å². The van der Waals surface area contributed by atoms with Crippen LogP contribution < -0.4 is 32.7 Å². The fourth-order valence-electron chi connectivity index (χ4n) is 2.12. The lowest BCUT2D eigenvalue weighted by Gasteiger charge is -2.25. The summed E-state index contributed by atoms with van der Waals surface area (Å²) in [5, 5.41) is 10.3. The molecule has 10 nitrogen and oxygen atoms in total. The fourth-order valence-corrected chi connectivity index (χ4v) is 2.12. The molecule has 0 unspecified atom stereocenters. The largest absolute Gasteiger partial charge is 0.353 e. The predicted molar refractivity (Wildman–Crippen MR) is 93.3 cm³/mol. The minimum atomic E-state index is -0.802. The fraction of sp³-hybridized carbons (Fsp3) is 0.733. The van der Waals surface area contributed by atoms with Crippen molar-refractivity contribution in [3.8, 4) is 0 Å². The van der Waals surface area contributed by atoms with Crippen LogP contribution in [0.5, 0.6) is 0 Å². The molecule has 0 fully saturated rings. The molecule has 25 heavy (non-hydrogen) atoms. The summed E-state index contributed by atoms with van der Waals surface area (Å²) in [5.74, 6) is -1.29. The maximum atomic E-state index is 12.4. The van der Waals surface area contributed by atoms with Gasteiger partial charge < -0.3 is 32.7 Å². The van der Waals surface area contributed by atoms with E-state index in [1.807, 2.05) is 0 Å². The number of nitrogens with one attached hydrogen (secondary N) is 4. The Kier molecular flexibility index (Phi) is 10.9. The van der Waals surface area contributed by atoms with Crippen LogP contribution in [-0.2, 0) is 14.4 Å². The zero-order valence-electron chi connectivity index (χ0n) is 15.1. The van der Waals surface area contributed by atoms with Gasteiger partial charge in [-0.25, -0.2) is 4.79 Å². The predicted octanol–water partition coefficient (Wildman–Crippen LogP) is -1.84. The van der Waals surface area contributed by atoms with Gasteiger partial charge in [0.2, 0.25) is 17.7 Å². The number of carbonyl (C=O) groups is 4. The van der Waals surface area contributed by atoms with Crippen molar-refractivity contribution in [1.29, 1.82) is 0 Å². The van der Waals surface area contributed by atoms with E-state index in [1.165, 1.54) is 6.92 Å². The summed E-state index contributed by atoms with van der Waals surface area (Å²) in [6.45, 7) is 5.75. The Morgan fingerprint density at radius 2 is 1.60 bits per heavy atom. The molecule has 0 spiro atoms. The van der Waals surface area contributed by atoms with Crippen LogP contribution >= 0.6 is 0 Å². The molecule has 0 heterocycles. The maximum absolute atomic E-state index is 12.4. The third-order valence-corrected chi connectivity index (χ3v) is 3.35. The van der Waals surface area contributed by atoms with Gasteiger partial charge in [-0.3, -0.25) is 14.4 Å². The molecular weight excluding hydrogens is 328 g/mol. The minimum Gasteiger partial charge on any atom is -0.353 e. The molecule has 0 aromatic heterocycles. The highest BCUT2D eigenvalue weighted by Crippen LogP contribution is 2.04. The lowest BCUT2D eigenvalue weighted by Crippen LogP contribution is -2.55. The van der Waals surface area contributed by atoms with Crippen molar-refractivity contribution >= 4 is 23.8 Å². The quantitative estimate of drug-likeness (QED) is 0.238. The summed E-state index contributed by atoms with van der Waals surface area (Å²) < 4.78 is 0. The third kappa shape index (κ3) is 10.2. The van der Waals surface area contributed by atoms with E-state index in [0.717, 1.165) is 0 Å². The molecule has 144 valence electrons. The lowest BCUT2D eigenvalue weighted by molar-refractivity contribution is -0.132. The van der Waals surface area contributed by atoms with Gasteiger partial charge in [0, 0.05) is 26.6 Å². The molecule has 0 aromatic rings. The molecule has 0 aliphatic rings. The van der Waals surface area contributed by atoms with Gasteiger partial charge in [0.15, 0.2) is 0 Å². The first kappa shape index (κ1) is 22.6. The van der Waals surface area contributed by atoms with Crippen molar-refractivity contribution in [2.45, 2.75) is 45.7 Å². The van der Waals surface area contributed by atoms with Crippen LogP contribution in [0.15, 0.2) is 0 Å². The van der Waals surface area contributed by atoms with E-state index in [0.29, 0.717) is 12.8 Å². The van der Waals surface area contributed by atoms with Gasteiger partial charge in [-0.05, 0) is 18.8 Å². The Morgan fingerprint density at radius 3 is 2.08 bits per heavy atom. The second-order valence-corrected chi connectivity index (χ2v) is 6.00. The Labute approximate surface area is 147 Å². The minimum absolute atomic E-state index is 0.145. The monoisotopic (exact) mass is 358 g/mol. The van der Waals surface area contributed by atoms with Crippen LogP contribution in [0.4, 0.5) is 4.79 Å². The second kappa shape index (κ2) is 12.1. The SMILES string of the molecule is CC(=O)N[C@H](C(=O)N[C@@H](CCCNC(N)=O)C(=O)NCCN)C(C)C. The Bertz CT molecular complexity index is 469. The highest BCUT2D eigenvalue weighted by Gasteiger charge is 2.27. The second-order valence-electron chi connectivity index (χ2n) is 6.00. The molecule has 0 saturated heterocycles. The van der Waals surface area contributed by atoms with Crippen molar-refractivity contribution in [3.63, 3.8) is 0 Å². The number of nitrogens with two attached hydrogens (primary N) is 2. The summed E-state index contributed by atoms with van der Waals surface area (Å²) in [4.78, 5) is 46.6. The molecule has 2 atom stereocenters. The first-order valence-electron chi connectivity index (χ1n) is 8.27. The number of hydrogen-bond donors (Lipinski definition) is 6. The van der Waals surface area contributed by atoms with Crippen LogP contribution in [0.1, 0.15) is 33.6 Å². The number of rotatable bonds is 11. The first-order chi connectivity index (χ1) is 11.7. The van der Waals surface area contributed by atoms with E-state index in [4.69, 9.17) is 11.5 Å². The Hall–Kier alpha value is -2.36. The molecule has 8 N–H and O–H groups in total. The normalized spacial score (nSPS) is 12.8. The summed E-state index contributed by atoms with van der Waals surface area (Å²) in [5.41, 5.74) is 10.3. The highest BCUT2D eigenvalue weighted by molar-refractivity contribution is 5.91. The van der Waals surface area contributed by atoms with Crippen molar-refractivity contribution in [3.05, 3.63) is 0 Å². The average molecular weight is 358 g/mol. The highest BCUT2D eigenvalue weighted by atomic mass is 16.2. The molecule has 5 amide bonds. The molecule has 0 saturated carbocycles. The number of hydrogen-bond acceptors (Lipinski definition) is 5. The average Bonchev–Trinajstić information content (AvgIpc) is 2.52. The van der Waals surface area contributed by atoms with Gasteiger partial charge >= 0.3 is 6.03 Å². The van der Waals surface area contributed by atoms with Crippen LogP contribution in [0.3, 0.4) is 0 Å². The van der Waals surface area contributed by atoms with Gasteiger partial charge in [-0.2, -0.15) is 0 Å². The summed E-state index contributed by atoms with van der Waals surface area (Å²) in [7, 11) is 0. The Balaban J connectivity index is 4.86. The number of amides is 5. The van der Waals surface area contributed by atoms with Crippen LogP contribution in [0, 0.1) is 5.92 Å². The van der Waals surface area contributed by atoms with Gasteiger partial charge in [0.05, 0.1) is 0 Å². The first-order valence-corrected chi connectivity index (χ1v) is 8.27. The summed E-state index contributed by atoms with van der Waals surface area (Å²) in [6.07, 6.45) is 0.740. The zero-order valence-corrected chi connectivity index (χ0v) is 15.1. The standard InChI is InChI=1S/C15H30N6O4/c1-9(2)12(20-10(3)22)14(24)21-11(13(23)18-8-6-16)5-4-7-19-15(17)25/h9,11-12H,4-8,16H2,1-3H3,(H,18,23)(H,20,22)(H,21,24)(H3,17,19,25)/t11-,12-/m0/s1. The molecule has 10 heteroatoms. The molecule has 0 aliphatic carbocycles. The van der Waals surface area contributed by atoms with E-state index in [2.05, 4.69) is 21.3 Å². The Morgan fingerprint density at radius 1 is 0.960 bits per heavy atom. The zero-order chi connectivity index (χ0) is 19.4. The van der Waals surface area contributed by atoms with E-state index in [9.17, 15) is 19.2 Å². The van der Waals surface area contributed by atoms with Crippen molar-refractivity contribution < 1.29 is 19.2 Å². The van der Waals surface area contributed by atoms with Crippen LogP contribution in [0.2, 0.25) is 0 Å². The lowest BCUT2D eigenvalue weighted by atomic mass is 10.0. The molecule has 0 aromatic carbocycles. The maximum Gasteiger partial charge on any atom is 0.312 e. The van der Waals surface area contributed by atoms with Crippen molar-refractivity contribution in [2.75, 3.05) is 19.6 Å². The van der Waals surface area contributed by atoms with Crippen LogP contribution in [-0.4, -0.2) is 55.5 Å². The molecule has 0 bridgehead atoms. The molecular formula is C15H30N6O4. The van der Waals surface area contributed by atoms with Gasteiger partial charge in [-0.15, -0.1) is 0 Å². The van der Waals surface area contributed by atoms with Crippen molar-refractivity contribution in [1.82, 2.24) is 21.3 Å². The van der Waals surface area contributed by atoms with E-state index >= 15 is 0 Å². The topological polar surface area (TPSA) is 168 Å². The smallest absolute Gasteiger partial charge is 0.312 e. The number of urea groups is 1. The van der Waals surface area contributed by atoms with E-state index in [-0.39, 0.29) is 37.4 Å². The summed E-state index contributed by atoms with van der Waals surface area (Å²) >= 11 is 0. The molecule has 0 radical (unpaired) electrons. The summed E-state index contributed by atoms with van der Waals surface area (Å²) in [6, 6.07) is -2.20. The number of primary amides is 1.